The molecule has 2 fully saturated rings. The third-order valence-electron chi connectivity index (χ3n) is 10.5. The zero-order valence-corrected chi connectivity index (χ0v) is 39.0. The SMILES string of the molecule is C=CCc1cc(F)c(=O)n(C(CC2CC2)C(=O)OCC)c1.C=C[CH2][Sn]([CH2]CCC)([CH2]CCC)[CH2]CCC.CCOC(=O)C(CC1CC1)n1cc(Br)cc(F)c1=O. The zero-order chi connectivity index (χ0) is 41.7. The Bertz CT molecular complexity index is 1630. The van der Waals surface area contributed by atoms with Crippen molar-refractivity contribution < 1.29 is 27.8 Å². The van der Waals surface area contributed by atoms with Crippen LogP contribution in [0.4, 0.5) is 8.78 Å². The van der Waals surface area contributed by atoms with Gasteiger partial charge in [-0.2, -0.15) is 0 Å². The van der Waals surface area contributed by atoms with Crippen molar-refractivity contribution in [1.82, 2.24) is 9.13 Å². The van der Waals surface area contributed by atoms with Gasteiger partial charge >= 0.3 is 120 Å². The number of pyridine rings is 2. The van der Waals surface area contributed by atoms with Crippen LogP contribution >= 0.6 is 15.9 Å². The normalized spacial score (nSPS) is 14.6. The van der Waals surface area contributed by atoms with E-state index >= 15 is 0 Å². The van der Waals surface area contributed by atoms with E-state index in [0.717, 1.165) is 36.3 Å². The number of carbonyl (C=O) groups excluding carboxylic acids is 2. The molecule has 0 aromatic carbocycles. The Balaban J connectivity index is 0.000000293. The Hall–Kier alpha value is -2.54. The van der Waals surface area contributed by atoms with E-state index in [2.05, 4.69) is 55.9 Å². The Morgan fingerprint density at radius 1 is 0.768 bits per heavy atom. The van der Waals surface area contributed by atoms with Gasteiger partial charge in [0.25, 0.3) is 11.1 Å². The summed E-state index contributed by atoms with van der Waals surface area (Å²) in [4.78, 5) is 47.9. The number of nitrogens with zero attached hydrogens (tertiary/aromatic N) is 2. The maximum Gasteiger partial charge on any atom is 0.329 e. The van der Waals surface area contributed by atoms with Gasteiger partial charge in [0, 0.05) is 16.9 Å². The molecular weight excluding hydrogens is 889 g/mol. The molecule has 0 saturated heterocycles. The molecular formula is C44H67BrF2N2O6Sn. The van der Waals surface area contributed by atoms with Crippen LogP contribution in [0.5, 0.6) is 0 Å². The number of ether oxygens (including phenoxy) is 2. The minimum Gasteiger partial charge on any atom is -0.464 e. The maximum atomic E-state index is 13.8. The van der Waals surface area contributed by atoms with Gasteiger partial charge < -0.3 is 9.47 Å². The topological polar surface area (TPSA) is 96.6 Å². The number of hydrogen-bond donors (Lipinski definition) is 0. The van der Waals surface area contributed by atoms with Crippen molar-refractivity contribution in [2.75, 3.05) is 13.2 Å². The van der Waals surface area contributed by atoms with E-state index in [-0.39, 0.29) is 13.2 Å². The summed E-state index contributed by atoms with van der Waals surface area (Å²) in [6, 6.07) is 0.800. The third-order valence-corrected chi connectivity index (χ3v) is 26.3. The quantitative estimate of drug-likeness (QED) is 0.0625. The van der Waals surface area contributed by atoms with E-state index in [4.69, 9.17) is 9.47 Å². The first-order valence-corrected chi connectivity index (χ1v) is 29.7. The molecule has 2 saturated carbocycles. The van der Waals surface area contributed by atoms with Crippen LogP contribution in [0.3, 0.4) is 0 Å². The monoisotopic (exact) mass is 956 g/mol. The largest absolute Gasteiger partial charge is 0.464 e. The molecule has 8 nitrogen and oxygen atoms in total. The molecule has 2 aromatic heterocycles. The molecule has 4 rings (SSSR count). The van der Waals surface area contributed by atoms with Crippen molar-refractivity contribution in [2.24, 2.45) is 11.8 Å². The van der Waals surface area contributed by atoms with Crippen LogP contribution in [-0.4, -0.2) is 52.7 Å². The number of carbonyl (C=O) groups is 2. The second-order valence-corrected chi connectivity index (χ2v) is 30.2. The van der Waals surface area contributed by atoms with Gasteiger partial charge in [-0.05, 0) is 78.6 Å². The summed E-state index contributed by atoms with van der Waals surface area (Å²) in [5, 5.41) is 0. The van der Waals surface area contributed by atoms with Crippen molar-refractivity contribution >= 4 is 46.2 Å². The van der Waals surface area contributed by atoms with E-state index in [1.165, 1.54) is 66.0 Å². The maximum absolute atomic E-state index is 13.8. The molecule has 2 heterocycles. The van der Waals surface area contributed by atoms with Crippen LogP contribution in [0.2, 0.25) is 17.7 Å². The standard InChI is InChI=1S/C16H20FNO3.C13H15BrFNO3.3C4H9.C3H5.Sn/c1-3-5-12-8-13(17)15(19)18(10-12)14(9-11-6-7-11)16(20)21-4-2;1-2-19-13(18)11(5-8-3-4-8)16-7-9(14)6-10(15)12(16)17;3*1-3-4-2;1-3-2;/h3,8,10-11,14H,1,4-7,9H2,2H3;6-8,11H,2-5H2,1H3;3*1,3-4H2,2H3;3H,1-2H2;. The van der Waals surface area contributed by atoms with E-state index in [0.29, 0.717) is 41.1 Å². The zero-order valence-electron chi connectivity index (χ0n) is 34.6. The van der Waals surface area contributed by atoms with E-state index in [1.807, 2.05) is 0 Å². The average Bonchev–Trinajstić information content (AvgIpc) is 4.11. The summed E-state index contributed by atoms with van der Waals surface area (Å²) >= 11 is 1.36. The van der Waals surface area contributed by atoms with Gasteiger partial charge in [0.05, 0.1) is 13.2 Å². The Morgan fingerprint density at radius 3 is 1.57 bits per heavy atom. The minimum absolute atomic E-state index is 0.240. The number of hydrogen-bond acceptors (Lipinski definition) is 6. The van der Waals surface area contributed by atoms with Crippen molar-refractivity contribution in [2.45, 2.75) is 148 Å². The second-order valence-electron chi connectivity index (χ2n) is 15.3. The van der Waals surface area contributed by atoms with Crippen LogP contribution in [0.15, 0.2) is 63.9 Å². The number of unbranched alkanes of at least 4 members (excludes halogenated alkanes) is 3. The van der Waals surface area contributed by atoms with Crippen molar-refractivity contribution in [3.05, 3.63) is 92.2 Å². The summed E-state index contributed by atoms with van der Waals surface area (Å²) in [5.74, 6) is -1.84. The summed E-state index contributed by atoms with van der Waals surface area (Å²) in [7, 11) is 0. The summed E-state index contributed by atoms with van der Waals surface area (Å²) < 4.78 is 46.4. The third kappa shape index (κ3) is 17.1. The van der Waals surface area contributed by atoms with Gasteiger partial charge in [0.1, 0.15) is 12.1 Å². The number of rotatable bonds is 23. The first kappa shape index (κ1) is 49.6. The minimum atomic E-state index is -1.78. The number of allylic oxidation sites excluding steroid dienone is 2. The van der Waals surface area contributed by atoms with Crippen LogP contribution in [0.1, 0.15) is 129 Å². The first-order valence-electron chi connectivity index (χ1n) is 20.9. The fraction of sp³-hybridized carbons (Fsp3) is 0.636. The van der Waals surface area contributed by atoms with Gasteiger partial charge in [-0.3, -0.25) is 18.7 Å². The van der Waals surface area contributed by atoms with Crippen LogP contribution in [-0.2, 0) is 25.5 Å². The first-order chi connectivity index (χ1) is 26.8. The molecule has 0 aliphatic heterocycles. The smallest absolute Gasteiger partial charge is 0.329 e. The van der Waals surface area contributed by atoms with Crippen LogP contribution in [0, 0.1) is 23.5 Å². The molecule has 56 heavy (non-hydrogen) atoms. The fourth-order valence-electron chi connectivity index (χ4n) is 7.00. The molecule has 2 aliphatic rings. The molecule has 2 aromatic rings. The molecule has 314 valence electrons. The summed E-state index contributed by atoms with van der Waals surface area (Å²) in [6.07, 6.45) is 21.1. The molecule has 2 aliphatic carbocycles. The van der Waals surface area contributed by atoms with Crippen LogP contribution < -0.4 is 11.1 Å². The van der Waals surface area contributed by atoms with Gasteiger partial charge in [-0.15, -0.1) is 6.58 Å². The van der Waals surface area contributed by atoms with Crippen molar-refractivity contribution in [3.63, 3.8) is 0 Å². The van der Waals surface area contributed by atoms with Gasteiger partial charge in [0.15, 0.2) is 11.6 Å². The molecule has 0 spiro atoms. The van der Waals surface area contributed by atoms with Gasteiger partial charge in [0.2, 0.25) is 0 Å². The fourth-order valence-corrected chi connectivity index (χ4v) is 22.5. The molecule has 0 radical (unpaired) electrons. The van der Waals surface area contributed by atoms with Crippen molar-refractivity contribution in [1.29, 1.82) is 0 Å². The Labute approximate surface area is 346 Å². The molecule has 0 amide bonds. The van der Waals surface area contributed by atoms with Crippen molar-refractivity contribution in [3.8, 4) is 0 Å². The van der Waals surface area contributed by atoms with E-state index < -0.39 is 65.2 Å². The van der Waals surface area contributed by atoms with Gasteiger partial charge in [-0.25, -0.2) is 18.4 Å². The number of halogens is 3. The average molecular weight is 957 g/mol. The molecule has 0 bridgehead atoms. The molecule has 2 unspecified atom stereocenters. The predicted molar refractivity (Wildman–Crippen MR) is 229 cm³/mol. The predicted octanol–water partition coefficient (Wildman–Crippen LogP) is 11.3. The molecule has 2 atom stereocenters. The number of aromatic nitrogens is 2. The molecule has 12 heteroatoms. The molecule has 0 N–H and O–H groups in total. The summed E-state index contributed by atoms with van der Waals surface area (Å²) in [5.41, 5.74) is -0.949. The van der Waals surface area contributed by atoms with Gasteiger partial charge in [-0.1, -0.05) is 31.8 Å². The number of esters is 2. The Morgan fingerprint density at radius 2 is 1.20 bits per heavy atom. The summed E-state index contributed by atoms with van der Waals surface area (Å²) in [6.45, 7) is 18.5. The Kier molecular flexibility index (Phi) is 23.4. The second kappa shape index (κ2) is 26.5. The van der Waals surface area contributed by atoms with E-state index in [1.54, 1.807) is 33.2 Å². The van der Waals surface area contributed by atoms with Crippen LogP contribution in [0.25, 0.3) is 0 Å². The van der Waals surface area contributed by atoms with E-state index in [9.17, 15) is 28.0 Å².